The maximum Gasteiger partial charge on any atom is 0.259 e. The predicted molar refractivity (Wildman–Crippen MR) is 31.4 cm³/mol. The molecule has 5 heteroatoms. The molecule has 0 rings (SSSR count). The fourth-order valence-corrected chi connectivity index (χ4v) is 0.421. The van der Waals surface area contributed by atoms with E-state index in [0.717, 1.165) is 6.42 Å². The molecule has 0 saturated heterocycles. The number of nitroso groups, excluding NO2 is 1. The molecule has 0 saturated carbocycles. The van der Waals surface area contributed by atoms with Crippen molar-refractivity contribution in [1.82, 2.24) is 0 Å². The van der Waals surface area contributed by atoms with E-state index in [4.69, 9.17) is 0 Å². The lowest BCUT2D eigenvalue weighted by Gasteiger charge is -1.99. The summed E-state index contributed by atoms with van der Waals surface area (Å²) < 4.78 is 0. The van der Waals surface area contributed by atoms with Gasteiger partial charge >= 0.3 is 0 Å². The number of hydrogen-bond acceptors (Lipinski definition) is 5. The van der Waals surface area contributed by atoms with Crippen LogP contribution in [-0.2, 0) is 4.84 Å². The van der Waals surface area contributed by atoms with Crippen LogP contribution in [0.1, 0.15) is 19.8 Å². The molecule has 0 amide bonds. The van der Waals surface area contributed by atoms with Gasteiger partial charge in [-0.3, -0.25) is 0 Å². The Morgan fingerprint density at radius 1 is 1.56 bits per heavy atom. The van der Waals surface area contributed by atoms with E-state index in [1.54, 1.807) is 0 Å². The third kappa shape index (κ3) is 3.57. The quantitative estimate of drug-likeness (QED) is 0.421. The van der Waals surface area contributed by atoms with Crippen LogP contribution in [-0.4, -0.2) is 6.23 Å². The molecule has 0 aliphatic heterocycles. The number of rotatable bonds is 5. The van der Waals surface area contributed by atoms with Gasteiger partial charge in [0.15, 0.2) is 5.34 Å². The minimum absolute atomic E-state index is 0.440. The second kappa shape index (κ2) is 5.14. The summed E-state index contributed by atoms with van der Waals surface area (Å²) in [4.78, 5) is 23.1. The van der Waals surface area contributed by atoms with Gasteiger partial charge in [-0.25, -0.2) is 0 Å². The predicted octanol–water partition coefficient (Wildman–Crippen LogP) is 1.58. The van der Waals surface area contributed by atoms with E-state index < -0.39 is 6.23 Å². The fourth-order valence-electron chi connectivity index (χ4n) is 0.421. The molecule has 0 aromatic heterocycles. The maximum absolute atomic E-state index is 9.71. The molecule has 9 heavy (non-hydrogen) atoms. The first kappa shape index (κ1) is 8.00. The normalized spacial score (nSPS) is 12.1. The van der Waals surface area contributed by atoms with Crippen LogP contribution < -0.4 is 0 Å². The molecular weight excluding hydrogens is 124 g/mol. The summed E-state index contributed by atoms with van der Waals surface area (Å²) in [6, 6.07) is 0. The topological polar surface area (TPSA) is 68.1 Å². The molecule has 0 radical (unpaired) electrons. The summed E-state index contributed by atoms with van der Waals surface area (Å²) in [5.41, 5.74) is 0. The van der Waals surface area contributed by atoms with Crippen molar-refractivity contribution in [1.29, 1.82) is 0 Å². The van der Waals surface area contributed by atoms with Crippen LogP contribution in [0.15, 0.2) is 10.5 Å². The van der Waals surface area contributed by atoms with Crippen molar-refractivity contribution in [2.45, 2.75) is 26.0 Å². The molecule has 0 aliphatic rings. The van der Waals surface area contributed by atoms with Gasteiger partial charge in [0.2, 0.25) is 0 Å². The lowest BCUT2D eigenvalue weighted by Crippen LogP contribution is -2.03. The van der Waals surface area contributed by atoms with Gasteiger partial charge in [0.1, 0.15) is 0 Å². The Balaban J connectivity index is 3.40. The summed E-state index contributed by atoms with van der Waals surface area (Å²) in [7, 11) is 0. The molecule has 0 heterocycles. The van der Waals surface area contributed by atoms with Gasteiger partial charge in [0, 0.05) is 6.42 Å². The number of nitrogens with zero attached hydrogens (tertiary/aromatic N) is 2. The van der Waals surface area contributed by atoms with Gasteiger partial charge in [-0.1, -0.05) is 13.3 Å². The summed E-state index contributed by atoms with van der Waals surface area (Å²) >= 11 is 0. The van der Waals surface area contributed by atoms with Crippen LogP contribution in [0.5, 0.6) is 0 Å². The zero-order chi connectivity index (χ0) is 7.11. The minimum Gasteiger partial charge on any atom is -0.333 e. The summed E-state index contributed by atoms with van der Waals surface area (Å²) in [6.45, 7) is 1.85. The van der Waals surface area contributed by atoms with Crippen molar-refractivity contribution in [3.8, 4) is 0 Å². The molecular formula is C4H8N2O3. The average molecular weight is 132 g/mol. The smallest absolute Gasteiger partial charge is 0.259 e. The molecule has 0 fully saturated rings. The maximum atomic E-state index is 9.71. The van der Waals surface area contributed by atoms with E-state index in [2.05, 4.69) is 15.4 Å². The third-order valence-electron chi connectivity index (χ3n) is 0.818. The zero-order valence-electron chi connectivity index (χ0n) is 5.11. The van der Waals surface area contributed by atoms with Crippen molar-refractivity contribution in [3.63, 3.8) is 0 Å². The van der Waals surface area contributed by atoms with E-state index in [0.29, 0.717) is 6.42 Å². The highest BCUT2D eigenvalue weighted by Gasteiger charge is 2.06. The van der Waals surface area contributed by atoms with Gasteiger partial charge in [-0.2, -0.15) is 0 Å². The van der Waals surface area contributed by atoms with Gasteiger partial charge < -0.3 is 4.84 Å². The Morgan fingerprint density at radius 2 is 2.22 bits per heavy atom. The SMILES string of the molecule is CCCC(N=O)ON=O. The molecule has 0 spiro atoms. The van der Waals surface area contributed by atoms with E-state index in [-0.39, 0.29) is 0 Å². The van der Waals surface area contributed by atoms with E-state index in [1.165, 1.54) is 0 Å². The third-order valence-corrected chi connectivity index (χ3v) is 0.818. The van der Waals surface area contributed by atoms with Crippen LogP contribution in [0, 0.1) is 9.81 Å². The fraction of sp³-hybridized carbons (Fsp3) is 1.00. The first-order valence-corrected chi connectivity index (χ1v) is 2.66. The highest BCUT2D eigenvalue weighted by Crippen LogP contribution is 2.02. The minimum atomic E-state index is -0.896. The van der Waals surface area contributed by atoms with Gasteiger partial charge in [0.25, 0.3) is 6.23 Å². The van der Waals surface area contributed by atoms with Crippen LogP contribution in [0.25, 0.3) is 0 Å². The zero-order valence-corrected chi connectivity index (χ0v) is 5.11. The van der Waals surface area contributed by atoms with Crippen LogP contribution in [0.4, 0.5) is 0 Å². The standard InChI is InChI=1S/C4H8N2O3/c1-2-3-4(5-7)9-6-8/h4H,2-3H2,1H3. The van der Waals surface area contributed by atoms with Crippen LogP contribution in [0.2, 0.25) is 0 Å². The first-order chi connectivity index (χ1) is 4.35. The molecule has 0 aliphatic carbocycles. The molecule has 52 valence electrons. The average Bonchev–Trinajstić information content (AvgIpc) is 1.88. The van der Waals surface area contributed by atoms with Gasteiger partial charge in [-0.15, -0.1) is 9.81 Å². The Morgan fingerprint density at radius 3 is 2.56 bits per heavy atom. The van der Waals surface area contributed by atoms with Crippen LogP contribution in [0.3, 0.4) is 0 Å². The Kier molecular flexibility index (Phi) is 4.57. The van der Waals surface area contributed by atoms with Crippen molar-refractivity contribution in [2.24, 2.45) is 10.5 Å². The summed E-state index contributed by atoms with van der Waals surface area (Å²) in [5.74, 6) is 0. The van der Waals surface area contributed by atoms with Crippen molar-refractivity contribution >= 4 is 0 Å². The van der Waals surface area contributed by atoms with Gasteiger partial charge in [-0.05, 0) is 5.18 Å². The van der Waals surface area contributed by atoms with Crippen molar-refractivity contribution in [2.75, 3.05) is 0 Å². The molecule has 0 N–H and O–H groups in total. The monoisotopic (exact) mass is 132 g/mol. The van der Waals surface area contributed by atoms with Gasteiger partial charge in [0.05, 0.1) is 0 Å². The van der Waals surface area contributed by atoms with E-state index in [1.807, 2.05) is 6.92 Å². The second-order valence-corrected chi connectivity index (χ2v) is 1.53. The molecule has 1 atom stereocenters. The van der Waals surface area contributed by atoms with Crippen LogP contribution >= 0.6 is 0 Å². The van der Waals surface area contributed by atoms with Crippen molar-refractivity contribution in [3.05, 3.63) is 9.81 Å². The van der Waals surface area contributed by atoms with E-state index >= 15 is 0 Å². The molecule has 0 bridgehead atoms. The highest BCUT2D eigenvalue weighted by molar-refractivity contribution is 4.49. The molecule has 0 aromatic carbocycles. The summed E-state index contributed by atoms with van der Waals surface area (Å²) in [5, 5.41) is 4.58. The highest BCUT2D eigenvalue weighted by atomic mass is 16.7. The molecule has 0 aromatic rings. The lowest BCUT2D eigenvalue weighted by molar-refractivity contribution is 0.0541. The Bertz CT molecular complexity index is 95.8. The van der Waals surface area contributed by atoms with E-state index in [9.17, 15) is 9.81 Å². The Labute approximate surface area is 52.3 Å². The summed E-state index contributed by atoms with van der Waals surface area (Å²) in [6.07, 6.45) is 0.286. The van der Waals surface area contributed by atoms with Crippen molar-refractivity contribution < 1.29 is 4.84 Å². The second-order valence-electron chi connectivity index (χ2n) is 1.53. The largest absolute Gasteiger partial charge is 0.333 e. The molecule has 5 nitrogen and oxygen atoms in total. The number of hydrogen-bond donors (Lipinski definition) is 0. The Hall–Kier alpha value is -1.00. The lowest BCUT2D eigenvalue weighted by atomic mass is 10.3. The first-order valence-electron chi connectivity index (χ1n) is 2.66. The molecule has 1 unspecified atom stereocenters.